The minimum Gasteiger partial charge on any atom is -0.462 e. The molecule has 2 N–H and O–H groups in total. The number of carbonyl (C=O) groups excluding carboxylic acids is 3. The molecule has 2 amide bonds. The molecule has 178 valence electrons. The highest BCUT2D eigenvalue weighted by Gasteiger charge is 2.20. The summed E-state index contributed by atoms with van der Waals surface area (Å²) in [5.41, 5.74) is 2.37. The van der Waals surface area contributed by atoms with Gasteiger partial charge in [-0.15, -0.1) is 10.2 Å². The molecule has 2 aromatic carbocycles. The van der Waals surface area contributed by atoms with E-state index < -0.39 is 5.97 Å². The molecule has 1 aromatic heterocycles. The highest BCUT2D eigenvalue weighted by molar-refractivity contribution is 7.99. The largest absolute Gasteiger partial charge is 0.462 e. The summed E-state index contributed by atoms with van der Waals surface area (Å²) in [4.78, 5) is 36.9. The van der Waals surface area contributed by atoms with Crippen molar-refractivity contribution in [3.8, 4) is 0 Å². The Balaban J connectivity index is 1.57. The number of carbonyl (C=O) groups is 3. The number of aromatic nitrogens is 3. The number of hydrogen-bond acceptors (Lipinski definition) is 7. The van der Waals surface area contributed by atoms with Crippen molar-refractivity contribution in [2.45, 2.75) is 32.0 Å². The van der Waals surface area contributed by atoms with Crippen molar-refractivity contribution < 1.29 is 19.1 Å². The van der Waals surface area contributed by atoms with Gasteiger partial charge in [-0.1, -0.05) is 36.0 Å². The lowest BCUT2D eigenvalue weighted by atomic mass is 10.1. The Morgan fingerprint density at radius 1 is 1.12 bits per heavy atom. The van der Waals surface area contributed by atoms with E-state index in [1.165, 1.54) is 11.8 Å². The number of amides is 2. The van der Waals surface area contributed by atoms with E-state index in [2.05, 4.69) is 20.8 Å². The van der Waals surface area contributed by atoms with Crippen molar-refractivity contribution in [2.75, 3.05) is 17.7 Å². The minimum atomic E-state index is -0.441. The second-order valence-electron chi connectivity index (χ2n) is 7.55. The van der Waals surface area contributed by atoms with Gasteiger partial charge in [0.05, 0.1) is 24.0 Å². The quantitative estimate of drug-likeness (QED) is 0.355. The van der Waals surface area contributed by atoms with Gasteiger partial charge in [-0.25, -0.2) is 4.79 Å². The Labute approximate surface area is 202 Å². The van der Waals surface area contributed by atoms with Gasteiger partial charge in [0, 0.05) is 18.3 Å². The molecule has 10 heteroatoms. The first kappa shape index (κ1) is 25.0. The predicted octanol–water partition coefficient (Wildman–Crippen LogP) is 3.52. The van der Waals surface area contributed by atoms with Crippen molar-refractivity contribution in [1.82, 2.24) is 20.1 Å². The fourth-order valence-electron chi connectivity index (χ4n) is 3.26. The summed E-state index contributed by atoms with van der Waals surface area (Å²) in [6.07, 6.45) is 0. The molecule has 0 aliphatic heterocycles. The number of rotatable bonds is 9. The van der Waals surface area contributed by atoms with Gasteiger partial charge in [0.2, 0.25) is 5.91 Å². The van der Waals surface area contributed by atoms with Crippen molar-refractivity contribution in [2.24, 2.45) is 7.05 Å². The highest BCUT2D eigenvalue weighted by atomic mass is 32.2. The zero-order valence-corrected chi connectivity index (χ0v) is 20.3. The second-order valence-corrected chi connectivity index (χ2v) is 8.49. The maximum atomic E-state index is 12.6. The van der Waals surface area contributed by atoms with Crippen LogP contribution in [0.1, 0.15) is 52.0 Å². The van der Waals surface area contributed by atoms with E-state index in [1.54, 1.807) is 48.9 Å². The van der Waals surface area contributed by atoms with Gasteiger partial charge in [0.25, 0.3) is 5.91 Å². The maximum absolute atomic E-state index is 12.6. The van der Waals surface area contributed by atoms with Crippen LogP contribution in [0.5, 0.6) is 0 Å². The normalized spacial score (nSPS) is 11.5. The number of hydrogen-bond donors (Lipinski definition) is 2. The average molecular weight is 482 g/mol. The highest BCUT2D eigenvalue weighted by Crippen LogP contribution is 2.20. The number of esters is 1. The zero-order valence-electron chi connectivity index (χ0n) is 19.5. The summed E-state index contributed by atoms with van der Waals surface area (Å²) in [6, 6.07) is 13.6. The van der Waals surface area contributed by atoms with Gasteiger partial charge in [-0.2, -0.15) is 0 Å². The third-order valence-electron chi connectivity index (χ3n) is 4.98. The molecule has 0 fully saturated rings. The molecule has 3 aromatic rings. The van der Waals surface area contributed by atoms with E-state index in [1.807, 2.05) is 32.0 Å². The van der Waals surface area contributed by atoms with Crippen LogP contribution in [0.15, 0.2) is 53.7 Å². The van der Waals surface area contributed by atoms with Crippen LogP contribution in [0.3, 0.4) is 0 Å². The number of aryl methyl sites for hydroxylation is 1. The third kappa shape index (κ3) is 6.22. The molecule has 1 heterocycles. The summed E-state index contributed by atoms with van der Waals surface area (Å²) in [6.45, 7) is 5.73. The van der Waals surface area contributed by atoms with Crippen molar-refractivity contribution in [1.29, 1.82) is 0 Å². The second kappa shape index (κ2) is 11.5. The molecule has 1 atom stereocenters. The standard InChI is InChI=1S/C24H27N5O4S/c1-5-33-23(32)17-10-8-11-18(13-17)26-20(30)14-34-24-28-27-21(29(24)4)16(3)25-22(31)19-12-7-6-9-15(19)2/h6-13,16H,5,14H2,1-4H3,(H,25,31)(H,26,30)/t16-/m0/s1. The van der Waals surface area contributed by atoms with E-state index in [4.69, 9.17) is 4.74 Å². The number of benzene rings is 2. The summed E-state index contributed by atoms with van der Waals surface area (Å²) >= 11 is 1.22. The fraction of sp³-hybridized carbons (Fsp3) is 0.292. The van der Waals surface area contributed by atoms with Crippen LogP contribution < -0.4 is 10.6 Å². The van der Waals surface area contributed by atoms with Crippen molar-refractivity contribution in [3.05, 3.63) is 71.0 Å². The lowest BCUT2D eigenvalue weighted by molar-refractivity contribution is -0.113. The zero-order chi connectivity index (χ0) is 24.7. The van der Waals surface area contributed by atoms with Crippen molar-refractivity contribution >= 4 is 35.2 Å². The van der Waals surface area contributed by atoms with Crippen LogP contribution >= 0.6 is 11.8 Å². The first-order valence-electron chi connectivity index (χ1n) is 10.8. The smallest absolute Gasteiger partial charge is 0.338 e. The summed E-state index contributed by atoms with van der Waals surface area (Å²) < 4.78 is 6.74. The van der Waals surface area contributed by atoms with Crippen LogP contribution in [0.25, 0.3) is 0 Å². The van der Waals surface area contributed by atoms with Gasteiger partial charge in [-0.3, -0.25) is 9.59 Å². The molecule has 0 unspecified atom stereocenters. The van der Waals surface area contributed by atoms with Gasteiger partial charge in [-0.05, 0) is 50.6 Å². The van der Waals surface area contributed by atoms with Crippen LogP contribution in [0.4, 0.5) is 5.69 Å². The predicted molar refractivity (Wildman–Crippen MR) is 130 cm³/mol. The molecule has 3 rings (SSSR count). The summed E-state index contributed by atoms with van der Waals surface area (Å²) in [5.74, 6) is -0.210. The molecule has 9 nitrogen and oxygen atoms in total. The minimum absolute atomic E-state index is 0.0968. The van der Waals surface area contributed by atoms with Gasteiger partial charge >= 0.3 is 5.97 Å². The molecule has 0 saturated carbocycles. The summed E-state index contributed by atoms with van der Waals surface area (Å²) in [7, 11) is 1.79. The number of nitrogens with zero attached hydrogens (tertiary/aromatic N) is 3. The Bertz CT molecular complexity index is 1190. The van der Waals surface area contributed by atoms with E-state index >= 15 is 0 Å². The molecular weight excluding hydrogens is 454 g/mol. The maximum Gasteiger partial charge on any atom is 0.338 e. The summed E-state index contributed by atoms with van der Waals surface area (Å²) in [5, 5.41) is 14.6. The Morgan fingerprint density at radius 2 is 1.88 bits per heavy atom. The van der Waals surface area contributed by atoms with Crippen LogP contribution in [-0.2, 0) is 16.6 Å². The van der Waals surface area contributed by atoms with E-state index in [-0.39, 0.29) is 30.2 Å². The van der Waals surface area contributed by atoms with Crippen molar-refractivity contribution in [3.63, 3.8) is 0 Å². The molecule has 0 aliphatic rings. The first-order valence-corrected chi connectivity index (χ1v) is 11.7. The topological polar surface area (TPSA) is 115 Å². The lowest BCUT2D eigenvalue weighted by Crippen LogP contribution is -2.29. The molecule has 0 radical (unpaired) electrons. The molecule has 0 spiro atoms. The molecule has 0 aliphatic carbocycles. The monoisotopic (exact) mass is 481 g/mol. The van der Waals surface area contributed by atoms with Crippen LogP contribution in [-0.4, -0.2) is 44.9 Å². The number of anilines is 1. The Hall–Kier alpha value is -3.66. The fourth-order valence-corrected chi connectivity index (χ4v) is 3.98. The van der Waals surface area contributed by atoms with E-state index in [0.29, 0.717) is 27.8 Å². The number of ether oxygens (including phenoxy) is 1. The first-order chi connectivity index (χ1) is 16.3. The molecular formula is C24H27N5O4S. The third-order valence-corrected chi connectivity index (χ3v) is 6.00. The van der Waals surface area contributed by atoms with Gasteiger partial charge < -0.3 is 19.9 Å². The van der Waals surface area contributed by atoms with Crippen LogP contribution in [0.2, 0.25) is 0 Å². The molecule has 34 heavy (non-hydrogen) atoms. The molecule has 0 saturated heterocycles. The Kier molecular flexibility index (Phi) is 8.42. The molecule has 0 bridgehead atoms. The van der Waals surface area contributed by atoms with Gasteiger partial charge in [0.1, 0.15) is 0 Å². The number of thioether (sulfide) groups is 1. The Morgan fingerprint density at radius 3 is 2.62 bits per heavy atom. The lowest BCUT2D eigenvalue weighted by Gasteiger charge is -2.14. The van der Waals surface area contributed by atoms with Crippen LogP contribution in [0, 0.1) is 6.92 Å². The van der Waals surface area contributed by atoms with E-state index in [0.717, 1.165) is 5.56 Å². The SMILES string of the molecule is CCOC(=O)c1cccc(NC(=O)CSc2nnc([C@H](C)NC(=O)c3ccccc3C)n2C)c1. The van der Waals surface area contributed by atoms with Gasteiger partial charge in [0.15, 0.2) is 11.0 Å². The average Bonchev–Trinajstić information content (AvgIpc) is 3.18. The number of nitrogens with one attached hydrogen (secondary N) is 2. The van der Waals surface area contributed by atoms with E-state index in [9.17, 15) is 14.4 Å².